The molecule has 1 saturated carbocycles. The average Bonchev–Trinajstić information content (AvgIpc) is 3.75. The van der Waals surface area contributed by atoms with Crippen LogP contribution in [0.5, 0.6) is 0 Å². The summed E-state index contributed by atoms with van der Waals surface area (Å²) in [6.07, 6.45) is 3.61. The third-order valence-corrected chi connectivity index (χ3v) is 10.6. The Morgan fingerprint density at radius 3 is 2.21 bits per heavy atom. The molecule has 5 N–H and O–H groups in total. The van der Waals surface area contributed by atoms with E-state index in [4.69, 9.17) is 4.74 Å². The molecule has 1 aromatic heterocycles. The van der Waals surface area contributed by atoms with Crippen LogP contribution in [0, 0.1) is 18.8 Å². The minimum absolute atomic E-state index is 0.0814. The van der Waals surface area contributed by atoms with Gasteiger partial charge in [0.15, 0.2) is 0 Å². The van der Waals surface area contributed by atoms with Crippen LogP contribution in [0.2, 0.25) is 0 Å². The number of hydrogen-bond acceptors (Lipinski definition) is 9. The standard InChI is InChI=1S/C44H59N9O5/c1-7-53(8-2)25-9-24-45-40(54)35-20-23-37(29(3)26-35)32-14-10-30(11-15-32)27-38(42(56)47-36-21-18-33(19-22-36)39-49-51-52-50-39)48-41(55)34-16-12-31(13-17-34)28-46-43(57)58-44(4,5)6/h10-11,14-15,18-23,26,31,34,38H,7-9,12-13,16-17,24-25,27-28H2,1-6H3,(H,45,54)(H,46,57)(H,47,56)(H,48,55)(H,49,50,51,52)/t31?,34?,38-/m0/s1. The summed E-state index contributed by atoms with van der Waals surface area (Å²) >= 11 is 0. The highest BCUT2D eigenvalue weighted by molar-refractivity contribution is 5.98. The second-order valence-electron chi connectivity index (χ2n) is 16.0. The van der Waals surface area contributed by atoms with Gasteiger partial charge in [0, 0.05) is 42.2 Å². The maximum absolute atomic E-state index is 13.9. The third-order valence-electron chi connectivity index (χ3n) is 10.6. The number of nitrogens with one attached hydrogen (secondary N) is 5. The fraction of sp³-hybridized carbons (Fsp3) is 0.477. The minimum Gasteiger partial charge on any atom is -0.444 e. The van der Waals surface area contributed by atoms with Crippen LogP contribution < -0.4 is 21.3 Å². The van der Waals surface area contributed by atoms with Gasteiger partial charge in [-0.1, -0.05) is 44.2 Å². The summed E-state index contributed by atoms with van der Waals surface area (Å²) in [5.41, 5.74) is 5.22. The molecule has 5 rings (SSSR count). The molecule has 14 heteroatoms. The number of tetrazole rings is 1. The maximum Gasteiger partial charge on any atom is 0.407 e. The van der Waals surface area contributed by atoms with E-state index in [1.165, 1.54) is 0 Å². The van der Waals surface area contributed by atoms with Gasteiger partial charge in [-0.05, 0) is 149 Å². The molecule has 0 saturated heterocycles. The Morgan fingerprint density at radius 2 is 1.59 bits per heavy atom. The average molecular weight is 794 g/mol. The monoisotopic (exact) mass is 793 g/mol. The molecule has 1 fully saturated rings. The summed E-state index contributed by atoms with van der Waals surface area (Å²) in [5, 5.41) is 26.0. The molecule has 1 aliphatic carbocycles. The second-order valence-corrected chi connectivity index (χ2v) is 16.0. The molecule has 0 radical (unpaired) electrons. The zero-order valence-corrected chi connectivity index (χ0v) is 34.7. The van der Waals surface area contributed by atoms with E-state index in [9.17, 15) is 19.2 Å². The van der Waals surface area contributed by atoms with Crippen molar-refractivity contribution in [2.75, 3.05) is 38.0 Å². The van der Waals surface area contributed by atoms with Gasteiger partial charge in [-0.15, -0.1) is 10.2 Å². The lowest BCUT2D eigenvalue weighted by Gasteiger charge is -2.29. The highest BCUT2D eigenvalue weighted by atomic mass is 16.6. The van der Waals surface area contributed by atoms with Crippen LogP contribution in [-0.2, 0) is 20.7 Å². The van der Waals surface area contributed by atoms with Crippen molar-refractivity contribution >= 4 is 29.5 Å². The van der Waals surface area contributed by atoms with E-state index in [1.54, 1.807) is 24.3 Å². The second kappa shape index (κ2) is 20.7. The first-order chi connectivity index (χ1) is 27.8. The van der Waals surface area contributed by atoms with Crippen LogP contribution in [0.4, 0.5) is 10.5 Å². The largest absolute Gasteiger partial charge is 0.444 e. The van der Waals surface area contributed by atoms with Gasteiger partial charge < -0.3 is 30.9 Å². The van der Waals surface area contributed by atoms with Crippen molar-refractivity contribution in [3.05, 3.63) is 83.4 Å². The van der Waals surface area contributed by atoms with Crippen molar-refractivity contribution < 1.29 is 23.9 Å². The van der Waals surface area contributed by atoms with Crippen LogP contribution >= 0.6 is 0 Å². The summed E-state index contributed by atoms with van der Waals surface area (Å²) in [6.45, 7) is 15.8. The van der Waals surface area contributed by atoms with Gasteiger partial charge in [-0.3, -0.25) is 14.4 Å². The minimum atomic E-state index is -0.839. The van der Waals surface area contributed by atoms with Crippen molar-refractivity contribution in [3.63, 3.8) is 0 Å². The van der Waals surface area contributed by atoms with Gasteiger partial charge in [0.2, 0.25) is 17.6 Å². The van der Waals surface area contributed by atoms with Crippen molar-refractivity contribution in [3.8, 4) is 22.5 Å². The van der Waals surface area contributed by atoms with Crippen molar-refractivity contribution in [2.24, 2.45) is 11.8 Å². The molecular formula is C44H59N9O5. The number of nitrogens with zero attached hydrogens (tertiary/aromatic N) is 4. The van der Waals surface area contributed by atoms with Crippen LogP contribution in [0.25, 0.3) is 22.5 Å². The molecule has 0 unspecified atom stereocenters. The SMILES string of the molecule is CCN(CC)CCCNC(=O)c1ccc(-c2ccc(C[C@H](NC(=O)C3CCC(CNC(=O)OC(C)(C)C)CC3)C(=O)Nc3ccc(-c4nn[nH]n4)cc3)cc2)c(C)c1. The number of aromatic amines is 1. The van der Waals surface area contributed by atoms with Gasteiger partial charge in [0.1, 0.15) is 11.6 Å². The Balaban J connectivity index is 1.22. The Morgan fingerprint density at radius 1 is 0.897 bits per heavy atom. The lowest BCUT2D eigenvalue weighted by atomic mass is 9.81. The maximum atomic E-state index is 13.9. The van der Waals surface area contributed by atoms with Crippen LogP contribution in [-0.4, -0.2) is 93.7 Å². The molecular weight excluding hydrogens is 735 g/mol. The van der Waals surface area contributed by atoms with E-state index in [0.29, 0.717) is 43.0 Å². The third kappa shape index (κ3) is 12.9. The molecule has 14 nitrogen and oxygen atoms in total. The molecule has 0 spiro atoms. The number of benzene rings is 3. The van der Waals surface area contributed by atoms with E-state index in [0.717, 1.165) is 66.7 Å². The van der Waals surface area contributed by atoms with Gasteiger partial charge in [-0.2, -0.15) is 5.21 Å². The fourth-order valence-corrected chi connectivity index (χ4v) is 7.22. The zero-order valence-electron chi connectivity index (χ0n) is 34.7. The molecule has 1 aliphatic rings. The number of aryl methyl sites for hydroxylation is 1. The van der Waals surface area contributed by atoms with Crippen molar-refractivity contribution in [2.45, 2.75) is 91.7 Å². The molecule has 0 aliphatic heterocycles. The number of carbonyl (C=O) groups is 4. The molecule has 0 bridgehead atoms. The number of carbonyl (C=O) groups excluding carboxylic acids is 4. The first-order valence-electron chi connectivity index (χ1n) is 20.4. The van der Waals surface area contributed by atoms with E-state index in [-0.39, 0.29) is 36.0 Å². The molecule has 3 aromatic carbocycles. The number of rotatable bonds is 17. The molecule has 58 heavy (non-hydrogen) atoms. The first kappa shape index (κ1) is 43.5. The summed E-state index contributed by atoms with van der Waals surface area (Å²) in [7, 11) is 0. The highest BCUT2D eigenvalue weighted by Crippen LogP contribution is 2.29. The van der Waals surface area contributed by atoms with Crippen molar-refractivity contribution in [1.29, 1.82) is 0 Å². The number of H-pyrrole nitrogens is 1. The molecule has 1 heterocycles. The van der Waals surface area contributed by atoms with Gasteiger partial charge in [0.25, 0.3) is 5.91 Å². The number of anilines is 1. The molecule has 4 aromatic rings. The molecule has 310 valence electrons. The Labute approximate surface area is 341 Å². The zero-order chi connectivity index (χ0) is 41.7. The van der Waals surface area contributed by atoms with E-state index >= 15 is 0 Å². The fourth-order valence-electron chi connectivity index (χ4n) is 7.22. The van der Waals surface area contributed by atoms with Crippen LogP contribution in [0.1, 0.15) is 88.2 Å². The molecule has 4 amide bonds. The summed E-state index contributed by atoms with van der Waals surface area (Å²) < 4.78 is 5.36. The number of alkyl carbamates (subject to hydrolysis) is 1. The topological polar surface area (TPSA) is 183 Å². The normalized spacial score (nSPS) is 16.0. The summed E-state index contributed by atoms with van der Waals surface area (Å²) in [4.78, 5) is 54.9. The Hall–Kier alpha value is -5.63. The van der Waals surface area contributed by atoms with E-state index in [2.05, 4.69) is 60.6 Å². The van der Waals surface area contributed by atoms with Gasteiger partial charge >= 0.3 is 6.09 Å². The van der Waals surface area contributed by atoms with E-state index < -0.39 is 17.7 Å². The van der Waals surface area contributed by atoms with Crippen LogP contribution in [0.3, 0.4) is 0 Å². The quantitative estimate of drug-likeness (QED) is 0.0766. The Bertz CT molecular complexity index is 1950. The van der Waals surface area contributed by atoms with Gasteiger partial charge in [-0.25, -0.2) is 4.79 Å². The number of ether oxygens (including phenoxy) is 1. The lowest BCUT2D eigenvalue weighted by molar-refractivity contribution is -0.130. The van der Waals surface area contributed by atoms with Crippen molar-refractivity contribution in [1.82, 2.24) is 41.5 Å². The summed E-state index contributed by atoms with van der Waals surface area (Å²) in [6, 6.07) is 20.0. The highest BCUT2D eigenvalue weighted by Gasteiger charge is 2.30. The number of aromatic nitrogens is 4. The smallest absolute Gasteiger partial charge is 0.407 e. The summed E-state index contributed by atoms with van der Waals surface area (Å²) in [5.74, 6) is -0.138. The number of amides is 4. The Kier molecular flexibility index (Phi) is 15.5. The lowest BCUT2D eigenvalue weighted by Crippen LogP contribution is -2.48. The van der Waals surface area contributed by atoms with E-state index in [1.807, 2.05) is 70.2 Å². The van der Waals surface area contributed by atoms with Crippen LogP contribution in [0.15, 0.2) is 66.7 Å². The number of hydrogen-bond donors (Lipinski definition) is 5. The predicted octanol–water partition coefficient (Wildman–Crippen LogP) is 6.30. The molecule has 1 atom stereocenters. The first-order valence-corrected chi connectivity index (χ1v) is 20.4. The van der Waals surface area contributed by atoms with Gasteiger partial charge in [0.05, 0.1) is 0 Å². The predicted molar refractivity (Wildman–Crippen MR) is 225 cm³/mol.